The van der Waals surface area contributed by atoms with Crippen LogP contribution < -0.4 is 4.74 Å². The molecule has 1 aliphatic rings. The van der Waals surface area contributed by atoms with Gasteiger partial charge in [-0.2, -0.15) is 0 Å². The van der Waals surface area contributed by atoms with E-state index in [0.717, 1.165) is 51.1 Å². The summed E-state index contributed by atoms with van der Waals surface area (Å²) in [5.41, 5.74) is 2.39. The number of hydrogen-bond acceptors (Lipinski definition) is 7. The van der Waals surface area contributed by atoms with Crippen molar-refractivity contribution in [3.8, 4) is 5.75 Å². The first-order valence-corrected chi connectivity index (χ1v) is 12.6. The fourth-order valence-electron chi connectivity index (χ4n) is 4.03. The number of ether oxygens (including phenoxy) is 3. The van der Waals surface area contributed by atoms with Gasteiger partial charge in [-0.3, -0.25) is 4.79 Å². The van der Waals surface area contributed by atoms with Gasteiger partial charge >= 0.3 is 0 Å². The Balaban J connectivity index is 1.65. The zero-order valence-electron chi connectivity index (χ0n) is 21.6. The van der Waals surface area contributed by atoms with E-state index in [9.17, 15) is 4.79 Å². The highest BCUT2D eigenvalue weighted by Gasteiger charge is 2.27. The normalized spacial score (nSPS) is 18.7. The first-order chi connectivity index (χ1) is 15.7. The van der Waals surface area contributed by atoms with Gasteiger partial charge in [0, 0.05) is 31.1 Å². The number of nitrogens with zero attached hydrogens (tertiary/aromatic N) is 3. The van der Waals surface area contributed by atoms with Gasteiger partial charge in [0.1, 0.15) is 12.4 Å². The predicted molar refractivity (Wildman–Crippen MR) is 135 cm³/mol. The Hall–Kier alpha value is -1.32. The molecule has 0 N–H and O–H groups in total. The Morgan fingerprint density at radius 1 is 1.00 bits per heavy atom. The molecule has 0 spiro atoms. The van der Waals surface area contributed by atoms with Crippen LogP contribution in [0.3, 0.4) is 0 Å². The van der Waals surface area contributed by atoms with Crippen molar-refractivity contribution in [2.45, 2.75) is 56.6 Å². The standard InChI is InChI=1S/C25H43N3O4S/c1-19-16-23(30-7)17-20(2)25(19)33-27(5)13-14-31-18-24(29)28(6)21-8-10-22(11-9-21)32-15-12-26(3)4/h16-17,21-22H,8-15,18H2,1-7H3. The molecule has 0 aromatic heterocycles. The molecule has 1 aliphatic carbocycles. The van der Waals surface area contributed by atoms with E-state index < -0.39 is 0 Å². The fraction of sp³-hybridized carbons (Fsp3) is 0.720. The van der Waals surface area contributed by atoms with Crippen molar-refractivity contribution < 1.29 is 19.0 Å². The van der Waals surface area contributed by atoms with Crippen molar-refractivity contribution in [1.29, 1.82) is 0 Å². The summed E-state index contributed by atoms with van der Waals surface area (Å²) in [7, 11) is 9.76. The molecule has 0 bridgehead atoms. The number of aryl methyl sites for hydroxylation is 2. The third-order valence-electron chi connectivity index (χ3n) is 6.17. The second-order valence-electron chi connectivity index (χ2n) is 9.19. The predicted octanol–water partition coefficient (Wildman–Crippen LogP) is 3.62. The molecule has 1 amide bonds. The van der Waals surface area contributed by atoms with Crippen LogP contribution in [0, 0.1) is 13.8 Å². The molecule has 2 rings (SSSR count). The van der Waals surface area contributed by atoms with Crippen molar-refractivity contribution >= 4 is 17.9 Å². The zero-order valence-corrected chi connectivity index (χ0v) is 22.4. The Kier molecular flexibility index (Phi) is 12.0. The molecule has 1 aromatic carbocycles. The molecular weight excluding hydrogens is 438 g/mol. The lowest BCUT2D eigenvalue weighted by Crippen LogP contribution is -2.42. The second kappa shape index (κ2) is 14.2. The fourth-order valence-corrected chi connectivity index (χ4v) is 4.92. The van der Waals surface area contributed by atoms with Crippen molar-refractivity contribution in [3.05, 3.63) is 23.3 Å². The minimum Gasteiger partial charge on any atom is -0.497 e. The SMILES string of the molecule is COc1cc(C)c(SN(C)CCOCC(=O)N(C)C2CCC(OCCN(C)C)CC2)c(C)c1. The van der Waals surface area contributed by atoms with E-state index in [1.54, 1.807) is 19.1 Å². The smallest absolute Gasteiger partial charge is 0.248 e. The molecule has 1 saturated carbocycles. The summed E-state index contributed by atoms with van der Waals surface area (Å²) in [5, 5.41) is 0. The first-order valence-electron chi connectivity index (χ1n) is 11.8. The highest BCUT2D eigenvalue weighted by molar-refractivity contribution is 7.97. The number of carbonyl (C=O) groups excluding carboxylic acids is 1. The van der Waals surface area contributed by atoms with E-state index in [1.807, 2.05) is 19.0 Å². The van der Waals surface area contributed by atoms with Gasteiger partial charge in [-0.1, -0.05) is 0 Å². The highest BCUT2D eigenvalue weighted by Crippen LogP contribution is 2.31. The van der Waals surface area contributed by atoms with Gasteiger partial charge in [0.2, 0.25) is 5.91 Å². The number of methoxy groups -OCH3 is 1. The summed E-state index contributed by atoms with van der Waals surface area (Å²) in [6.45, 7) is 7.30. The van der Waals surface area contributed by atoms with E-state index in [1.165, 1.54) is 16.0 Å². The van der Waals surface area contributed by atoms with E-state index in [4.69, 9.17) is 14.2 Å². The number of rotatable bonds is 13. The van der Waals surface area contributed by atoms with Crippen molar-refractivity contribution in [3.63, 3.8) is 0 Å². The van der Waals surface area contributed by atoms with E-state index in [2.05, 4.69) is 49.3 Å². The lowest BCUT2D eigenvalue weighted by Gasteiger charge is -2.34. The maximum Gasteiger partial charge on any atom is 0.248 e. The molecule has 8 heteroatoms. The van der Waals surface area contributed by atoms with Gasteiger partial charge in [0.25, 0.3) is 0 Å². The van der Waals surface area contributed by atoms with Gasteiger partial charge in [-0.25, -0.2) is 4.31 Å². The van der Waals surface area contributed by atoms with Gasteiger partial charge in [0.05, 0.1) is 26.4 Å². The molecule has 0 unspecified atom stereocenters. The summed E-state index contributed by atoms with van der Waals surface area (Å²) in [6.07, 6.45) is 4.35. The van der Waals surface area contributed by atoms with Crippen molar-refractivity contribution in [1.82, 2.24) is 14.1 Å². The van der Waals surface area contributed by atoms with Crippen LogP contribution in [-0.4, -0.2) is 100 Å². The van der Waals surface area contributed by atoms with Gasteiger partial charge in [0.15, 0.2) is 0 Å². The Morgan fingerprint density at radius 3 is 2.21 bits per heavy atom. The highest BCUT2D eigenvalue weighted by atomic mass is 32.2. The maximum atomic E-state index is 12.6. The number of benzene rings is 1. The molecule has 33 heavy (non-hydrogen) atoms. The number of likely N-dealkylation sites (N-methyl/N-ethyl adjacent to an activating group) is 3. The summed E-state index contributed by atoms with van der Waals surface area (Å²) < 4.78 is 19.2. The average Bonchev–Trinajstić information content (AvgIpc) is 2.78. The van der Waals surface area contributed by atoms with Crippen LogP contribution in [0.25, 0.3) is 0 Å². The molecule has 0 saturated heterocycles. The van der Waals surface area contributed by atoms with E-state index >= 15 is 0 Å². The van der Waals surface area contributed by atoms with Crippen LogP contribution in [0.4, 0.5) is 0 Å². The molecule has 0 atom stereocenters. The van der Waals surface area contributed by atoms with Crippen LogP contribution >= 0.6 is 11.9 Å². The quantitative estimate of drug-likeness (QED) is 0.315. The number of hydrogen-bond donors (Lipinski definition) is 0. The summed E-state index contributed by atoms with van der Waals surface area (Å²) in [4.78, 5) is 17.8. The Morgan fingerprint density at radius 2 is 1.64 bits per heavy atom. The molecule has 0 aliphatic heterocycles. The molecule has 0 heterocycles. The average molecular weight is 482 g/mol. The van der Waals surface area contributed by atoms with E-state index in [0.29, 0.717) is 12.7 Å². The van der Waals surface area contributed by atoms with Crippen LogP contribution in [-0.2, 0) is 14.3 Å². The van der Waals surface area contributed by atoms with Crippen LogP contribution in [0.15, 0.2) is 17.0 Å². The number of carbonyl (C=O) groups is 1. The first kappa shape index (κ1) is 27.9. The summed E-state index contributed by atoms with van der Waals surface area (Å²) in [5.74, 6) is 0.942. The third-order valence-corrected chi connectivity index (χ3v) is 7.49. The lowest BCUT2D eigenvalue weighted by molar-refractivity contribution is -0.138. The van der Waals surface area contributed by atoms with Crippen LogP contribution in [0.5, 0.6) is 5.75 Å². The molecule has 7 nitrogen and oxygen atoms in total. The van der Waals surface area contributed by atoms with Gasteiger partial charge in [-0.15, -0.1) is 0 Å². The van der Waals surface area contributed by atoms with E-state index in [-0.39, 0.29) is 18.6 Å². The zero-order chi connectivity index (χ0) is 24.4. The van der Waals surface area contributed by atoms with Gasteiger partial charge in [-0.05, 0) is 95.9 Å². The summed E-state index contributed by atoms with van der Waals surface area (Å²) >= 11 is 1.70. The topological polar surface area (TPSA) is 54.5 Å². The molecule has 1 aromatic rings. The van der Waals surface area contributed by atoms with Crippen LogP contribution in [0.2, 0.25) is 0 Å². The molecular formula is C25H43N3O4S. The number of amides is 1. The minimum absolute atomic E-state index is 0.0594. The summed E-state index contributed by atoms with van der Waals surface area (Å²) in [6, 6.07) is 4.39. The van der Waals surface area contributed by atoms with Crippen LogP contribution in [0.1, 0.15) is 36.8 Å². The largest absolute Gasteiger partial charge is 0.497 e. The maximum absolute atomic E-state index is 12.6. The third kappa shape index (κ3) is 9.45. The monoisotopic (exact) mass is 481 g/mol. The van der Waals surface area contributed by atoms with Crippen molar-refractivity contribution in [2.75, 3.05) is 68.2 Å². The molecule has 188 valence electrons. The molecule has 0 radical (unpaired) electrons. The minimum atomic E-state index is 0.0594. The second-order valence-corrected chi connectivity index (χ2v) is 10.4. The Labute approximate surface area is 204 Å². The lowest BCUT2D eigenvalue weighted by atomic mass is 9.92. The molecule has 1 fully saturated rings. The van der Waals surface area contributed by atoms with Gasteiger partial charge < -0.3 is 24.0 Å². The Bertz CT molecular complexity index is 715. The van der Waals surface area contributed by atoms with Crippen molar-refractivity contribution in [2.24, 2.45) is 0 Å².